The number of hydrogen-bond donors (Lipinski definition) is 2. The molecule has 2 N–H and O–H groups in total. The largest absolute Gasteiger partial charge is 0.390 e. The van der Waals surface area contributed by atoms with Gasteiger partial charge in [-0.05, 0) is 50.8 Å². The number of hydrogen-bond acceptors (Lipinski definition) is 6. The van der Waals surface area contributed by atoms with Gasteiger partial charge in [-0.25, -0.2) is 9.67 Å². The molecule has 166 valence electrons. The lowest BCUT2D eigenvalue weighted by molar-refractivity contribution is -0.0462. The normalized spacial score (nSPS) is 18.8. The lowest BCUT2D eigenvalue weighted by Crippen LogP contribution is -2.49. The van der Waals surface area contributed by atoms with Crippen LogP contribution in [0.2, 0.25) is 0 Å². The molecule has 4 rings (SSSR count). The molecule has 1 aromatic carbocycles. The van der Waals surface area contributed by atoms with Crippen molar-refractivity contribution in [3.8, 4) is 5.69 Å². The fourth-order valence-corrected chi connectivity index (χ4v) is 4.17. The minimum absolute atomic E-state index is 0. The van der Waals surface area contributed by atoms with Gasteiger partial charge in [0.05, 0.1) is 11.3 Å². The molecule has 0 spiro atoms. The lowest BCUT2D eigenvalue weighted by Gasteiger charge is -2.43. The zero-order chi connectivity index (χ0) is 22.0. The summed E-state index contributed by atoms with van der Waals surface area (Å²) in [6.07, 6.45) is 3.80. The highest BCUT2D eigenvalue weighted by atomic mass is 16.3. The number of aryl methyl sites for hydroxylation is 1. The highest BCUT2D eigenvalue weighted by molar-refractivity contribution is 5.60. The van der Waals surface area contributed by atoms with Crippen LogP contribution in [0.15, 0.2) is 48.8 Å². The molecule has 2 atom stereocenters. The molecule has 0 saturated carbocycles. The predicted molar refractivity (Wildman–Crippen MR) is 126 cm³/mol. The summed E-state index contributed by atoms with van der Waals surface area (Å²) in [7, 11) is 0. The number of nitrogens with one attached hydrogen (secondary N) is 1. The van der Waals surface area contributed by atoms with Crippen molar-refractivity contribution >= 4 is 17.5 Å². The molecule has 7 heteroatoms. The van der Waals surface area contributed by atoms with E-state index in [0.29, 0.717) is 5.95 Å². The number of piperidine rings is 1. The van der Waals surface area contributed by atoms with Crippen molar-refractivity contribution in [3.63, 3.8) is 0 Å². The Kier molecular flexibility index (Phi) is 5.96. The molecule has 1 saturated heterocycles. The molecular weight excluding hydrogens is 388 g/mol. The van der Waals surface area contributed by atoms with Gasteiger partial charge in [0.15, 0.2) is 0 Å². The minimum atomic E-state index is -0.683. The monoisotopic (exact) mass is 422 g/mol. The minimum Gasteiger partial charge on any atom is -0.390 e. The number of anilines is 3. The molecule has 3 aromatic rings. The van der Waals surface area contributed by atoms with Crippen molar-refractivity contribution < 1.29 is 6.53 Å². The van der Waals surface area contributed by atoms with Crippen LogP contribution in [0.25, 0.3) is 5.69 Å². The van der Waals surface area contributed by atoms with E-state index in [4.69, 9.17) is 4.98 Å². The van der Waals surface area contributed by atoms with Crippen molar-refractivity contribution in [1.29, 1.82) is 0 Å². The summed E-state index contributed by atoms with van der Waals surface area (Å²) in [5, 5.41) is 18.9. The summed E-state index contributed by atoms with van der Waals surface area (Å²) in [6, 6.07) is 14.0. The number of para-hydroxylation sites is 1. The molecule has 0 radical (unpaired) electrons. The number of nitrogens with zero attached hydrogens (tertiary/aromatic N) is 5. The summed E-state index contributed by atoms with van der Waals surface area (Å²) in [5.74, 6) is 1.91. The van der Waals surface area contributed by atoms with Crippen molar-refractivity contribution in [2.45, 2.75) is 46.1 Å². The molecule has 0 amide bonds. The topological polar surface area (TPSA) is 79.1 Å². The molecule has 31 heavy (non-hydrogen) atoms. The molecule has 7 nitrogen and oxygen atoms in total. The summed E-state index contributed by atoms with van der Waals surface area (Å²) >= 11 is 0. The van der Waals surface area contributed by atoms with E-state index < -0.39 is 5.60 Å². The first-order valence-electron chi connectivity index (χ1n) is 11.0. The Morgan fingerprint density at radius 2 is 2.00 bits per heavy atom. The van der Waals surface area contributed by atoms with Gasteiger partial charge in [0, 0.05) is 37.9 Å². The maximum atomic E-state index is 11.0. The second kappa shape index (κ2) is 8.67. The third-order valence-electron chi connectivity index (χ3n) is 6.45. The zero-order valence-electron chi connectivity index (χ0n) is 18.8. The first kappa shape index (κ1) is 21.3. The van der Waals surface area contributed by atoms with E-state index in [2.05, 4.69) is 34.1 Å². The van der Waals surface area contributed by atoms with E-state index >= 15 is 0 Å². The number of pyridine rings is 1. The van der Waals surface area contributed by atoms with Gasteiger partial charge in [-0.2, -0.15) is 4.98 Å². The van der Waals surface area contributed by atoms with E-state index in [9.17, 15) is 5.11 Å². The van der Waals surface area contributed by atoms with Gasteiger partial charge in [0.1, 0.15) is 12.1 Å². The van der Waals surface area contributed by atoms with E-state index in [0.717, 1.165) is 48.8 Å². The SMILES string of the molecule is Cc1cc(Nc2ncn(-c3ccccc3)n2)cc(N2CCCC([C@](C)(O)C(C)C)C2)n1.[HH]. The molecule has 3 heterocycles. The Morgan fingerprint density at radius 3 is 2.74 bits per heavy atom. The van der Waals surface area contributed by atoms with Gasteiger partial charge in [-0.3, -0.25) is 0 Å². The Balaban J connectivity index is 0.00000289. The fourth-order valence-electron chi connectivity index (χ4n) is 4.17. The third-order valence-corrected chi connectivity index (χ3v) is 6.45. The van der Waals surface area contributed by atoms with Crippen LogP contribution in [-0.4, -0.2) is 43.5 Å². The maximum Gasteiger partial charge on any atom is 0.246 e. The fraction of sp³-hybridized carbons (Fsp3) is 0.458. The van der Waals surface area contributed by atoms with Crippen molar-refractivity contribution in [1.82, 2.24) is 19.7 Å². The average molecular weight is 423 g/mol. The van der Waals surface area contributed by atoms with Crippen LogP contribution in [0.5, 0.6) is 0 Å². The average Bonchev–Trinajstić information content (AvgIpc) is 3.22. The highest BCUT2D eigenvalue weighted by Gasteiger charge is 2.37. The van der Waals surface area contributed by atoms with E-state index in [1.807, 2.05) is 56.3 Å². The molecule has 2 aromatic heterocycles. The Bertz CT molecular complexity index is 1020. The summed E-state index contributed by atoms with van der Waals surface area (Å²) < 4.78 is 1.75. The van der Waals surface area contributed by atoms with Crippen LogP contribution >= 0.6 is 0 Å². The number of rotatable bonds is 6. The van der Waals surface area contributed by atoms with Crippen LogP contribution < -0.4 is 10.2 Å². The van der Waals surface area contributed by atoms with Gasteiger partial charge < -0.3 is 15.3 Å². The van der Waals surface area contributed by atoms with E-state index in [1.54, 1.807) is 11.0 Å². The Hall–Kier alpha value is -2.93. The number of benzene rings is 1. The Labute approximate surface area is 185 Å². The number of aromatic nitrogens is 4. The lowest BCUT2D eigenvalue weighted by atomic mass is 9.76. The zero-order valence-corrected chi connectivity index (χ0v) is 18.8. The first-order chi connectivity index (χ1) is 14.8. The molecular formula is C24H34N6O. The first-order valence-corrected chi connectivity index (χ1v) is 11.0. The smallest absolute Gasteiger partial charge is 0.246 e. The summed E-state index contributed by atoms with van der Waals surface area (Å²) in [4.78, 5) is 11.5. The van der Waals surface area contributed by atoms with Gasteiger partial charge in [-0.15, -0.1) is 5.10 Å². The summed E-state index contributed by atoms with van der Waals surface area (Å²) in [6.45, 7) is 9.90. The van der Waals surface area contributed by atoms with Crippen molar-refractivity contribution in [2.24, 2.45) is 11.8 Å². The maximum absolute atomic E-state index is 11.0. The highest BCUT2D eigenvalue weighted by Crippen LogP contribution is 2.34. The van der Waals surface area contributed by atoms with E-state index in [-0.39, 0.29) is 13.3 Å². The molecule has 1 aliphatic heterocycles. The second-order valence-electron chi connectivity index (χ2n) is 8.99. The van der Waals surface area contributed by atoms with Gasteiger partial charge >= 0.3 is 0 Å². The molecule has 0 bridgehead atoms. The number of aliphatic hydroxyl groups is 1. The van der Waals surface area contributed by atoms with Crippen LogP contribution in [0.3, 0.4) is 0 Å². The predicted octanol–water partition coefficient (Wildman–Crippen LogP) is 4.58. The Morgan fingerprint density at radius 1 is 1.23 bits per heavy atom. The van der Waals surface area contributed by atoms with Gasteiger partial charge in [0.25, 0.3) is 0 Å². The van der Waals surface area contributed by atoms with Gasteiger partial charge in [-0.1, -0.05) is 32.0 Å². The van der Waals surface area contributed by atoms with Crippen molar-refractivity contribution in [3.05, 3.63) is 54.5 Å². The van der Waals surface area contributed by atoms with Crippen LogP contribution in [-0.2, 0) is 0 Å². The molecule has 1 unspecified atom stereocenters. The van der Waals surface area contributed by atoms with Crippen molar-refractivity contribution in [2.75, 3.05) is 23.3 Å². The standard InChI is InChI=1S/C24H32N6O.H2/c1-17(2)24(4,31)19-9-8-12-29(15-19)22-14-20(13-18(3)26-22)27-23-25-16-30(28-23)21-10-6-5-7-11-21;/h5-7,10-11,13-14,16-17,19,31H,8-9,12,15H2,1-4H3,(H,26,27,28);1H/t19?,24-;/m1./s1. The van der Waals surface area contributed by atoms with Crippen LogP contribution in [0.1, 0.15) is 40.7 Å². The third kappa shape index (κ3) is 4.71. The molecule has 0 aliphatic carbocycles. The quantitative estimate of drug-likeness (QED) is 0.605. The van der Waals surface area contributed by atoms with E-state index in [1.165, 1.54) is 0 Å². The van der Waals surface area contributed by atoms with Gasteiger partial charge in [0.2, 0.25) is 5.95 Å². The second-order valence-corrected chi connectivity index (χ2v) is 8.99. The molecule has 1 aliphatic rings. The van der Waals surface area contributed by atoms with Crippen LogP contribution in [0, 0.1) is 18.8 Å². The van der Waals surface area contributed by atoms with Crippen LogP contribution in [0.4, 0.5) is 17.5 Å². The summed E-state index contributed by atoms with van der Waals surface area (Å²) in [5.41, 5.74) is 2.12. The molecule has 1 fully saturated rings.